The van der Waals surface area contributed by atoms with Crippen molar-refractivity contribution in [3.05, 3.63) is 0 Å². The minimum atomic E-state index is -0.944. The van der Waals surface area contributed by atoms with Gasteiger partial charge in [-0.25, -0.2) is 4.79 Å². The first kappa shape index (κ1) is 12.0. The highest BCUT2D eigenvalue weighted by Gasteiger charge is 2.26. The number of piperidine rings is 1. The highest BCUT2D eigenvalue weighted by atomic mass is 16.4. The molecule has 5 nitrogen and oxygen atoms in total. The average molecular weight is 214 g/mol. The molecule has 0 saturated carbocycles. The molecule has 0 aromatic rings. The van der Waals surface area contributed by atoms with Crippen LogP contribution in [0.4, 0.5) is 0 Å². The summed E-state index contributed by atoms with van der Waals surface area (Å²) in [6.45, 7) is 2.50. The van der Waals surface area contributed by atoms with Gasteiger partial charge in [0.1, 0.15) is 6.04 Å². The molecule has 1 unspecified atom stereocenters. The van der Waals surface area contributed by atoms with Crippen molar-refractivity contribution in [1.29, 1.82) is 0 Å². The van der Waals surface area contributed by atoms with E-state index in [1.165, 1.54) is 32.4 Å². The van der Waals surface area contributed by atoms with Gasteiger partial charge in [-0.15, -0.1) is 0 Å². The zero-order valence-corrected chi connectivity index (χ0v) is 8.79. The Bertz CT molecular complexity index is 215. The van der Waals surface area contributed by atoms with Crippen LogP contribution >= 0.6 is 0 Å². The summed E-state index contributed by atoms with van der Waals surface area (Å²) >= 11 is 0. The molecular weight excluding hydrogens is 196 g/mol. The van der Waals surface area contributed by atoms with E-state index in [2.05, 4.69) is 10.6 Å². The maximum atomic E-state index is 10.4. The summed E-state index contributed by atoms with van der Waals surface area (Å²) in [5, 5.41) is 13.9. The van der Waals surface area contributed by atoms with E-state index in [0.717, 1.165) is 0 Å². The van der Waals surface area contributed by atoms with E-state index < -0.39 is 12.0 Å². The monoisotopic (exact) mass is 214 g/mol. The van der Waals surface area contributed by atoms with E-state index in [-0.39, 0.29) is 5.91 Å². The molecule has 2 aliphatic heterocycles. The van der Waals surface area contributed by atoms with Gasteiger partial charge in [0.2, 0.25) is 5.91 Å². The summed E-state index contributed by atoms with van der Waals surface area (Å²) < 4.78 is 0. The number of rotatable bonds is 1. The molecule has 86 valence electrons. The van der Waals surface area contributed by atoms with Crippen LogP contribution in [0.15, 0.2) is 0 Å². The molecule has 2 rings (SSSR count). The van der Waals surface area contributed by atoms with Crippen LogP contribution in [-0.4, -0.2) is 36.1 Å². The lowest BCUT2D eigenvalue weighted by Crippen LogP contribution is -2.32. The lowest BCUT2D eigenvalue weighted by Gasteiger charge is -2.08. The third kappa shape index (κ3) is 4.78. The Kier molecular flexibility index (Phi) is 5.10. The predicted molar refractivity (Wildman–Crippen MR) is 55.5 cm³/mol. The number of hydrogen-bond acceptors (Lipinski definition) is 3. The molecule has 2 heterocycles. The third-order valence-corrected chi connectivity index (χ3v) is 2.50. The number of carbonyl (C=O) groups is 2. The number of nitrogens with one attached hydrogen (secondary N) is 2. The fraction of sp³-hybridized carbons (Fsp3) is 0.800. The summed E-state index contributed by atoms with van der Waals surface area (Å²) in [7, 11) is 0. The van der Waals surface area contributed by atoms with Crippen LogP contribution in [0.3, 0.4) is 0 Å². The lowest BCUT2D eigenvalue weighted by molar-refractivity contribution is -0.140. The molecule has 0 spiro atoms. The molecule has 2 fully saturated rings. The Balaban J connectivity index is 0.000000162. The van der Waals surface area contributed by atoms with Crippen LogP contribution in [0.25, 0.3) is 0 Å². The molecule has 0 aromatic carbocycles. The molecule has 0 bridgehead atoms. The summed E-state index contributed by atoms with van der Waals surface area (Å²) in [4.78, 5) is 20.5. The smallest absolute Gasteiger partial charge is 0.326 e. The van der Waals surface area contributed by atoms with E-state index in [1.54, 1.807) is 0 Å². The first-order valence-corrected chi connectivity index (χ1v) is 5.43. The van der Waals surface area contributed by atoms with E-state index in [0.29, 0.717) is 12.8 Å². The fourth-order valence-electron chi connectivity index (χ4n) is 1.60. The summed E-state index contributed by atoms with van der Waals surface area (Å²) in [6.07, 6.45) is 4.98. The zero-order chi connectivity index (χ0) is 11.1. The maximum absolute atomic E-state index is 10.4. The SMILES string of the molecule is C1CCNCC1.O=C1CCC(C(=O)O)N1. The molecule has 0 aromatic heterocycles. The minimum Gasteiger partial charge on any atom is -0.480 e. The second-order valence-electron chi connectivity index (χ2n) is 3.81. The van der Waals surface area contributed by atoms with Crippen molar-refractivity contribution in [1.82, 2.24) is 10.6 Å². The van der Waals surface area contributed by atoms with Gasteiger partial charge in [-0.2, -0.15) is 0 Å². The standard InChI is InChI=1S/C5H7NO3.C5H11N/c7-4-2-1-3(6-4)5(8)9;1-2-4-6-5-3-1/h3H,1-2H2,(H,6,7)(H,8,9);6H,1-5H2. The van der Waals surface area contributed by atoms with Crippen molar-refractivity contribution >= 4 is 11.9 Å². The molecule has 2 aliphatic rings. The van der Waals surface area contributed by atoms with Crippen molar-refractivity contribution < 1.29 is 14.7 Å². The van der Waals surface area contributed by atoms with Gasteiger partial charge in [0.15, 0.2) is 0 Å². The topological polar surface area (TPSA) is 78.4 Å². The molecule has 2 saturated heterocycles. The van der Waals surface area contributed by atoms with Crippen LogP contribution in [0.1, 0.15) is 32.1 Å². The number of carboxylic acid groups (broad SMARTS) is 1. The summed E-state index contributed by atoms with van der Waals surface area (Å²) in [5.74, 6) is -1.11. The molecular formula is C10H18N2O3. The van der Waals surface area contributed by atoms with Crippen molar-refractivity contribution in [3.63, 3.8) is 0 Å². The third-order valence-electron chi connectivity index (χ3n) is 2.50. The number of carbonyl (C=O) groups excluding carboxylic acids is 1. The molecule has 1 atom stereocenters. The lowest BCUT2D eigenvalue weighted by atomic mass is 10.2. The van der Waals surface area contributed by atoms with Crippen LogP contribution < -0.4 is 10.6 Å². The van der Waals surface area contributed by atoms with Gasteiger partial charge in [0.25, 0.3) is 0 Å². The van der Waals surface area contributed by atoms with Crippen LogP contribution in [0, 0.1) is 0 Å². The van der Waals surface area contributed by atoms with Crippen LogP contribution in [0.2, 0.25) is 0 Å². The number of amides is 1. The second-order valence-corrected chi connectivity index (χ2v) is 3.81. The molecule has 15 heavy (non-hydrogen) atoms. The molecule has 0 aliphatic carbocycles. The quantitative estimate of drug-likeness (QED) is 0.579. The van der Waals surface area contributed by atoms with Crippen LogP contribution in [0.5, 0.6) is 0 Å². The predicted octanol–water partition coefficient (Wildman–Crippen LogP) is 0.110. The second kappa shape index (κ2) is 6.40. The van der Waals surface area contributed by atoms with Gasteiger partial charge in [-0.1, -0.05) is 6.42 Å². The summed E-state index contributed by atoms with van der Waals surface area (Å²) in [6, 6.07) is -0.641. The van der Waals surface area contributed by atoms with E-state index in [1.807, 2.05) is 0 Å². The van der Waals surface area contributed by atoms with Gasteiger partial charge in [0.05, 0.1) is 0 Å². The largest absolute Gasteiger partial charge is 0.480 e. The molecule has 3 N–H and O–H groups in total. The Morgan fingerprint density at radius 2 is 1.93 bits per heavy atom. The fourth-order valence-corrected chi connectivity index (χ4v) is 1.60. The highest BCUT2D eigenvalue weighted by Crippen LogP contribution is 2.05. The average Bonchev–Trinajstić information content (AvgIpc) is 2.69. The van der Waals surface area contributed by atoms with Gasteiger partial charge in [-0.05, 0) is 32.4 Å². The van der Waals surface area contributed by atoms with E-state index in [4.69, 9.17) is 5.11 Å². The molecule has 0 radical (unpaired) electrons. The van der Waals surface area contributed by atoms with Crippen molar-refractivity contribution in [2.24, 2.45) is 0 Å². The number of hydrogen-bond donors (Lipinski definition) is 3. The molecule has 5 heteroatoms. The maximum Gasteiger partial charge on any atom is 0.326 e. The van der Waals surface area contributed by atoms with E-state index in [9.17, 15) is 9.59 Å². The van der Waals surface area contributed by atoms with Gasteiger partial charge in [0, 0.05) is 6.42 Å². The Morgan fingerprint density at radius 1 is 1.27 bits per heavy atom. The first-order chi connectivity index (χ1) is 7.20. The Labute approximate surface area is 89.2 Å². The first-order valence-electron chi connectivity index (χ1n) is 5.43. The molecule has 1 amide bonds. The minimum absolute atomic E-state index is 0.164. The summed E-state index contributed by atoms with van der Waals surface area (Å²) in [5.41, 5.74) is 0. The van der Waals surface area contributed by atoms with E-state index >= 15 is 0 Å². The van der Waals surface area contributed by atoms with Crippen molar-refractivity contribution in [3.8, 4) is 0 Å². The Morgan fingerprint density at radius 3 is 2.13 bits per heavy atom. The van der Waals surface area contributed by atoms with Crippen molar-refractivity contribution in [2.75, 3.05) is 13.1 Å². The highest BCUT2D eigenvalue weighted by molar-refractivity contribution is 5.87. The van der Waals surface area contributed by atoms with Gasteiger partial charge in [-0.3, -0.25) is 4.79 Å². The van der Waals surface area contributed by atoms with Gasteiger partial charge >= 0.3 is 5.97 Å². The Hall–Kier alpha value is -1.10. The van der Waals surface area contributed by atoms with Crippen molar-refractivity contribution in [2.45, 2.75) is 38.1 Å². The number of aliphatic carboxylic acids is 1. The normalized spacial score (nSPS) is 25.1. The number of carboxylic acids is 1. The zero-order valence-electron chi connectivity index (χ0n) is 8.79. The van der Waals surface area contributed by atoms with Gasteiger partial charge < -0.3 is 15.7 Å². The van der Waals surface area contributed by atoms with Crippen LogP contribution in [-0.2, 0) is 9.59 Å².